The highest BCUT2D eigenvalue weighted by atomic mass is 14.5. The van der Waals surface area contributed by atoms with Crippen LogP contribution in [-0.2, 0) is 0 Å². The predicted octanol–water partition coefficient (Wildman–Crippen LogP) is 3.60. The maximum Gasteiger partial charge on any atom is -0.0106 e. The van der Waals surface area contributed by atoms with Gasteiger partial charge in [-0.15, -0.1) is 6.58 Å². The molecule has 0 amide bonds. The molecule has 1 heteroatoms. The summed E-state index contributed by atoms with van der Waals surface area (Å²) in [5.41, 5.74) is 4.85. The largest absolute Gasteiger partial charge is 0.331 e. The molecule has 0 spiro atoms. The van der Waals surface area contributed by atoms with Crippen molar-refractivity contribution in [1.82, 2.24) is 0 Å². The molecule has 0 saturated carbocycles. The molecule has 2 atom stereocenters. The van der Waals surface area contributed by atoms with Gasteiger partial charge in [0.15, 0.2) is 0 Å². The van der Waals surface area contributed by atoms with Gasteiger partial charge in [-0.3, -0.25) is 0 Å². The van der Waals surface area contributed by atoms with Crippen LogP contribution in [-0.4, -0.2) is 6.54 Å². The summed E-state index contributed by atoms with van der Waals surface area (Å²) >= 11 is 0. The molecule has 0 aromatic heterocycles. The molecule has 0 aromatic rings. The molecule has 0 heterocycles. The van der Waals surface area contributed by atoms with E-state index in [0.717, 1.165) is 12.5 Å². The van der Waals surface area contributed by atoms with Gasteiger partial charge in [-0.05, 0) is 18.4 Å². The fourth-order valence-electron chi connectivity index (χ4n) is 1.40. The molecule has 2 unspecified atom stereocenters. The van der Waals surface area contributed by atoms with Crippen molar-refractivity contribution in [1.29, 1.82) is 0 Å². The van der Waals surface area contributed by atoms with Gasteiger partial charge in [-0.1, -0.05) is 53.0 Å². The number of rotatable bonds is 5. The van der Waals surface area contributed by atoms with E-state index >= 15 is 0 Å². The van der Waals surface area contributed by atoms with Gasteiger partial charge in [0.05, 0.1) is 0 Å². The maximum absolute atomic E-state index is 4.85. The van der Waals surface area contributed by atoms with E-state index in [0.29, 0.717) is 5.92 Å². The molecule has 13 heavy (non-hydrogen) atoms. The second-order valence-electron chi connectivity index (χ2n) is 3.46. The third kappa shape index (κ3) is 9.62. The van der Waals surface area contributed by atoms with Gasteiger partial charge in [0.1, 0.15) is 0 Å². The van der Waals surface area contributed by atoms with Gasteiger partial charge in [0.2, 0.25) is 0 Å². The zero-order chi connectivity index (χ0) is 10.7. The Morgan fingerprint density at radius 1 is 1.31 bits per heavy atom. The lowest BCUT2D eigenvalue weighted by Crippen LogP contribution is -2.07. The number of allylic oxidation sites excluding steroid dienone is 1. The highest BCUT2D eigenvalue weighted by molar-refractivity contribution is 4.80. The standard InChI is InChI=1S/C10H20.C2H7N/c1-5-8-10(7-3)9(4)6-2;1-2-3/h6,9-10H,2,5,7-8H2,1,3-4H3;2-3H2,1H3. The van der Waals surface area contributed by atoms with Gasteiger partial charge in [-0.2, -0.15) is 0 Å². The quantitative estimate of drug-likeness (QED) is 0.651. The van der Waals surface area contributed by atoms with E-state index in [9.17, 15) is 0 Å². The SMILES string of the molecule is C=CC(C)C(CC)CCC.CCN. The first kappa shape index (κ1) is 15.2. The van der Waals surface area contributed by atoms with E-state index < -0.39 is 0 Å². The predicted molar refractivity (Wildman–Crippen MR) is 62.8 cm³/mol. The Morgan fingerprint density at radius 2 is 1.77 bits per heavy atom. The fraction of sp³-hybridized carbons (Fsp3) is 0.833. The average molecular weight is 185 g/mol. The monoisotopic (exact) mass is 185 g/mol. The summed E-state index contributed by atoms with van der Waals surface area (Å²) in [6.07, 6.45) is 6.02. The van der Waals surface area contributed by atoms with E-state index in [2.05, 4.69) is 33.4 Å². The molecule has 0 aliphatic carbocycles. The first-order valence-electron chi connectivity index (χ1n) is 5.50. The Hall–Kier alpha value is -0.300. The molecule has 0 aliphatic heterocycles. The Balaban J connectivity index is 0. The van der Waals surface area contributed by atoms with E-state index in [4.69, 9.17) is 5.73 Å². The van der Waals surface area contributed by atoms with Crippen molar-refractivity contribution < 1.29 is 0 Å². The molecule has 80 valence electrons. The summed E-state index contributed by atoms with van der Waals surface area (Å²) in [6, 6.07) is 0. The van der Waals surface area contributed by atoms with Crippen molar-refractivity contribution in [2.45, 2.75) is 47.0 Å². The van der Waals surface area contributed by atoms with Crippen LogP contribution in [0.2, 0.25) is 0 Å². The van der Waals surface area contributed by atoms with Crippen molar-refractivity contribution >= 4 is 0 Å². The lowest BCUT2D eigenvalue weighted by Gasteiger charge is -2.18. The summed E-state index contributed by atoms with van der Waals surface area (Å²) in [5.74, 6) is 1.56. The Kier molecular flexibility index (Phi) is 13.7. The van der Waals surface area contributed by atoms with Crippen LogP contribution in [0, 0.1) is 11.8 Å². The van der Waals surface area contributed by atoms with Gasteiger partial charge < -0.3 is 5.73 Å². The van der Waals surface area contributed by atoms with Gasteiger partial charge >= 0.3 is 0 Å². The molecule has 0 bridgehead atoms. The van der Waals surface area contributed by atoms with E-state index in [1.165, 1.54) is 19.3 Å². The number of nitrogens with two attached hydrogens (primary N) is 1. The van der Waals surface area contributed by atoms with Gasteiger partial charge in [-0.25, -0.2) is 0 Å². The van der Waals surface area contributed by atoms with Crippen LogP contribution in [0.4, 0.5) is 0 Å². The fourth-order valence-corrected chi connectivity index (χ4v) is 1.40. The van der Waals surface area contributed by atoms with Crippen LogP contribution in [0.1, 0.15) is 47.0 Å². The van der Waals surface area contributed by atoms with Crippen LogP contribution >= 0.6 is 0 Å². The summed E-state index contributed by atoms with van der Waals surface area (Å²) in [6.45, 7) is 13.2. The lowest BCUT2D eigenvalue weighted by molar-refractivity contribution is 0.376. The Bertz CT molecular complexity index is 99.3. The van der Waals surface area contributed by atoms with Crippen molar-refractivity contribution in [2.24, 2.45) is 17.6 Å². The molecular weight excluding hydrogens is 158 g/mol. The minimum absolute atomic E-state index is 0.699. The molecule has 1 nitrogen and oxygen atoms in total. The zero-order valence-corrected chi connectivity index (χ0v) is 9.84. The molecule has 2 N–H and O–H groups in total. The molecule has 0 saturated heterocycles. The minimum atomic E-state index is 0.699. The number of hydrogen-bond donors (Lipinski definition) is 1. The number of hydrogen-bond acceptors (Lipinski definition) is 1. The maximum atomic E-state index is 4.85. The lowest BCUT2D eigenvalue weighted by atomic mass is 9.88. The van der Waals surface area contributed by atoms with Crippen LogP contribution < -0.4 is 5.73 Å². The molecule has 0 rings (SSSR count). The summed E-state index contributed by atoms with van der Waals surface area (Å²) in [4.78, 5) is 0. The topological polar surface area (TPSA) is 26.0 Å². The molecule has 0 fully saturated rings. The second-order valence-corrected chi connectivity index (χ2v) is 3.46. The molecule has 0 aliphatic rings. The second kappa shape index (κ2) is 11.7. The zero-order valence-electron chi connectivity index (χ0n) is 9.84. The summed E-state index contributed by atoms with van der Waals surface area (Å²) < 4.78 is 0. The van der Waals surface area contributed by atoms with Crippen molar-refractivity contribution in [3.05, 3.63) is 12.7 Å². The summed E-state index contributed by atoms with van der Waals surface area (Å²) in [5, 5.41) is 0. The third-order valence-electron chi connectivity index (χ3n) is 2.30. The third-order valence-corrected chi connectivity index (χ3v) is 2.30. The first-order chi connectivity index (χ1) is 6.17. The van der Waals surface area contributed by atoms with E-state index in [1.54, 1.807) is 0 Å². The average Bonchev–Trinajstić information content (AvgIpc) is 2.14. The Labute approximate surface area is 84.4 Å². The van der Waals surface area contributed by atoms with Crippen LogP contribution in [0.15, 0.2) is 12.7 Å². The van der Waals surface area contributed by atoms with Crippen molar-refractivity contribution in [2.75, 3.05) is 6.54 Å². The normalized spacial score (nSPS) is 13.9. The highest BCUT2D eigenvalue weighted by Gasteiger charge is 2.09. The molecule has 0 radical (unpaired) electrons. The first-order valence-corrected chi connectivity index (χ1v) is 5.50. The van der Waals surface area contributed by atoms with Crippen molar-refractivity contribution in [3.63, 3.8) is 0 Å². The molecule has 0 aromatic carbocycles. The minimum Gasteiger partial charge on any atom is -0.331 e. The van der Waals surface area contributed by atoms with Crippen LogP contribution in [0.3, 0.4) is 0 Å². The highest BCUT2D eigenvalue weighted by Crippen LogP contribution is 2.21. The van der Waals surface area contributed by atoms with E-state index in [-0.39, 0.29) is 0 Å². The summed E-state index contributed by atoms with van der Waals surface area (Å²) in [7, 11) is 0. The van der Waals surface area contributed by atoms with E-state index in [1.807, 2.05) is 6.92 Å². The smallest absolute Gasteiger partial charge is 0.0106 e. The van der Waals surface area contributed by atoms with Gasteiger partial charge in [0, 0.05) is 0 Å². The molecular formula is C12H27N. The van der Waals surface area contributed by atoms with Crippen LogP contribution in [0.25, 0.3) is 0 Å². The van der Waals surface area contributed by atoms with Crippen molar-refractivity contribution in [3.8, 4) is 0 Å². The van der Waals surface area contributed by atoms with Crippen LogP contribution in [0.5, 0.6) is 0 Å². The Morgan fingerprint density at radius 3 is 2.00 bits per heavy atom. The van der Waals surface area contributed by atoms with Gasteiger partial charge in [0.25, 0.3) is 0 Å².